The van der Waals surface area contributed by atoms with Crippen molar-refractivity contribution in [1.29, 1.82) is 10.5 Å². The number of nitrogens with zero attached hydrogens (tertiary/aromatic N) is 2. The number of rotatable bonds is 4. The van der Waals surface area contributed by atoms with Crippen molar-refractivity contribution in [2.75, 3.05) is 0 Å². The van der Waals surface area contributed by atoms with Crippen molar-refractivity contribution in [3.63, 3.8) is 0 Å². The summed E-state index contributed by atoms with van der Waals surface area (Å²) in [6.45, 7) is 6.49. The van der Waals surface area contributed by atoms with E-state index >= 15 is 0 Å². The number of nitrogens with one attached hydrogen (secondary N) is 2. The van der Waals surface area contributed by atoms with E-state index in [4.69, 9.17) is 10.5 Å². The maximum absolute atomic E-state index is 8.17. The summed E-state index contributed by atoms with van der Waals surface area (Å²) in [5.41, 5.74) is 2.26. The molecule has 0 aliphatic heterocycles. The van der Waals surface area contributed by atoms with Gasteiger partial charge in [0.1, 0.15) is 0 Å². The molecule has 2 N–H and O–H groups in total. The molecule has 0 saturated carbocycles. The molecule has 0 fully saturated rings. The molecule has 0 saturated heterocycles. The molecule has 0 radical (unpaired) electrons. The van der Waals surface area contributed by atoms with Gasteiger partial charge in [0, 0.05) is 13.1 Å². The lowest BCUT2D eigenvalue weighted by atomic mass is 10.2. The van der Waals surface area contributed by atoms with Crippen LogP contribution >= 0.6 is 0 Å². The lowest BCUT2D eigenvalue weighted by Gasteiger charge is -1.95. The Labute approximate surface area is 138 Å². The average molecular weight is 306 g/mol. The summed E-state index contributed by atoms with van der Waals surface area (Å²) in [6.07, 6.45) is 5.48. The van der Waals surface area contributed by atoms with Crippen molar-refractivity contribution in [3.05, 3.63) is 84.4 Å². The molecule has 0 atom stereocenters. The van der Waals surface area contributed by atoms with Crippen LogP contribution in [-0.4, -0.2) is 0 Å². The Kier molecular flexibility index (Phi) is 13.0. The van der Waals surface area contributed by atoms with Crippen LogP contribution < -0.4 is 10.6 Å². The van der Waals surface area contributed by atoms with Gasteiger partial charge in [0.05, 0.1) is 0 Å². The first kappa shape index (κ1) is 19.8. The van der Waals surface area contributed by atoms with Gasteiger partial charge in [0.25, 0.3) is 0 Å². The van der Waals surface area contributed by atoms with Crippen molar-refractivity contribution < 1.29 is 0 Å². The van der Waals surface area contributed by atoms with Crippen molar-refractivity contribution in [1.82, 2.24) is 10.6 Å². The first-order chi connectivity index (χ1) is 11.3. The van der Waals surface area contributed by atoms with Crippen molar-refractivity contribution in [3.8, 4) is 12.4 Å². The number of hydrogen-bond donors (Lipinski definition) is 2. The van der Waals surface area contributed by atoms with Crippen LogP contribution in [0.3, 0.4) is 0 Å². The molecule has 118 valence electrons. The van der Waals surface area contributed by atoms with Crippen LogP contribution in [0, 0.1) is 22.9 Å². The van der Waals surface area contributed by atoms with Gasteiger partial charge in [-0.15, -0.1) is 6.58 Å². The van der Waals surface area contributed by atoms with Gasteiger partial charge < -0.3 is 10.6 Å². The zero-order valence-electron chi connectivity index (χ0n) is 13.4. The molecule has 0 aliphatic carbocycles. The van der Waals surface area contributed by atoms with Crippen molar-refractivity contribution >= 4 is 0 Å². The Bertz CT molecular complexity index is 541. The van der Waals surface area contributed by atoms with Gasteiger partial charge in [-0.25, -0.2) is 0 Å². The zero-order valence-corrected chi connectivity index (χ0v) is 13.4. The second kappa shape index (κ2) is 15.2. The predicted molar refractivity (Wildman–Crippen MR) is 93.7 cm³/mol. The van der Waals surface area contributed by atoms with Crippen LogP contribution in [-0.2, 0) is 13.1 Å². The van der Waals surface area contributed by atoms with Crippen LogP contribution in [0.1, 0.15) is 18.1 Å². The minimum Gasteiger partial charge on any atom is -0.319 e. The fraction of sp³-hybridized carbons (Fsp3) is 0.158. The Morgan fingerprint density at radius 2 is 1.13 bits per heavy atom. The van der Waals surface area contributed by atoms with Gasteiger partial charge in [-0.2, -0.15) is 10.5 Å². The fourth-order valence-electron chi connectivity index (χ4n) is 1.47. The molecule has 0 amide bonds. The van der Waals surface area contributed by atoms with E-state index in [0.29, 0.717) is 13.1 Å². The van der Waals surface area contributed by atoms with Crippen LogP contribution in [0.4, 0.5) is 0 Å². The highest BCUT2D eigenvalue weighted by Gasteiger charge is 1.86. The third-order valence-corrected chi connectivity index (χ3v) is 2.43. The van der Waals surface area contributed by atoms with E-state index in [1.54, 1.807) is 6.08 Å². The van der Waals surface area contributed by atoms with E-state index in [9.17, 15) is 0 Å². The maximum Gasteiger partial charge on any atom is 0.176 e. The maximum atomic E-state index is 8.17. The normalized spacial score (nSPS) is 7.78. The van der Waals surface area contributed by atoms with Gasteiger partial charge in [-0.1, -0.05) is 66.7 Å². The molecule has 0 aliphatic rings. The molecule has 4 heteroatoms. The summed E-state index contributed by atoms with van der Waals surface area (Å²) in [6, 6.07) is 19.6. The quantitative estimate of drug-likeness (QED) is 0.513. The SMILES string of the molecule is C=CC.N#CNCc1ccccc1.N#CNCc1ccccc1. The Balaban J connectivity index is 0.000000360. The number of allylic oxidation sites excluding steroid dienone is 1. The van der Waals surface area contributed by atoms with E-state index in [2.05, 4.69) is 17.2 Å². The fourth-order valence-corrected chi connectivity index (χ4v) is 1.47. The Hall–Kier alpha value is -3.24. The molecule has 2 aromatic carbocycles. The van der Waals surface area contributed by atoms with Crippen molar-refractivity contribution in [2.24, 2.45) is 0 Å². The molecule has 0 heterocycles. The molecule has 2 rings (SSSR count). The second-order valence-corrected chi connectivity index (χ2v) is 4.31. The van der Waals surface area contributed by atoms with Gasteiger partial charge >= 0.3 is 0 Å². The first-order valence-corrected chi connectivity index (χ1v) is 7.17. The van der Waals surface area contributed by atoms with E-state index in [0.717, 1.165) is 11.1 Å². The summed E-state index contributed by atoms with van der Waals surface area (Å²) in [7, 11) is 0. The molecule has 0 aromatic heterocycles. The van der Waals surface area contributed by atoms with Crippen LogP contribution in [0.15, 0.2) is 73.3 Å². The molecule has 0 unspecified atom stereocenters. The zero-order chi connectivity index (χ0) is 17.2. The third-order valence-electron chi connectivity index (χ3n) is 2.43. The number of benzene rings is 2. The highest BCUT2D eigenvalue weighted by Crippen LogP contribution is 1.96. The number of nitriles is 2. The Morgan fingerprint density at radius 1 is 0.826 bits per heavy atom. The molecule has 0 bridgehead atoms. The standard InChI is InChI=1S/2C8H8N2.C3H6/c2*9-7-10-6-8-4-2-1-3-5-8;1-3-2/h2*1-5,10H,6H2;3H,1H2,2H3. The molecule has 0 spiro atoms. The average Bonchev–Trinajstić information content (AvgIpc) is 2.61. The highest BCUT2D eigenvalue weighted by molar-refractivity contribution is 5.15. The van der Waals surface area contributed by atoms with Crippen LogP contribution in [0.25, 0.3) is 0 Å². The molecule has 23 heavy (non-hydrogen) atoms. The van der Waals surface area contributed by atoms with E-state index in [1.165, 1.54) is 0 Å². The highest BCUT2D eigenvalue weighted by atomic mass is 14.8. The number of hydrogen-bond acceptors (Lipinski definition) is 4. The first-order valence-electron chi connectivity index (χ1n) is 7.17. The minimum atomic E-state index is 0.622. The van der Waals surface area contributed by atoms with E-state index in [1.807, 2.05) is 80.0 Å². The van der Waals surface area contributed by atoms with E-state index in [-0.39, 0.29) is 0 Å². The second-order valence-electron chi connectivity index (χ2n) is 4.31. The monoisotopic (exact) mass is 306 g/mol. The molecule has 2 aromatic rings. The van der Waals surface area contributed by atoms with Gasteiger partial charge in [-0.05, 0) is 18.1 Å². The summed E-state index contributed by atoms with van der Waals surface area (Å²) in [4.78, 5) is 0. The lowest BCUT2D eigenvalue weighted by Crippen LogP contribution is -2.03. The largest absolute Gasteiger partial charge is 0.319 e. The third kappa shape index (κ3) is 12.2. The Morgan fingerprint density at radius 3 is 1.39 bits per heavy atom. The molecule has 4 nitrogen and oxygen atoms in total. The van der Waals surface area contributed by atoms with Crippen LogP contribution in [0.2, 0.25) is 0 Å². The summed E-state index contributed by atoms with van der Waals surface area (Å²) in [5, 5.41) is 21.5. The minimum absolute atomic E-state index is 0.622. The predicted octanol–water partition coefficient (Wildman–Crippen LogP) is 3.71. The van der Waals surface area contributed by atoms with Gasteiger partial charge in [0.2, 0.25) is 0 Å². The molecular formula is C19H22N4. The lowest BCUT2D eigenvalue weighted by molar-refractivity contribution is 0.884. The van der Waals surface area contributed by atoms with Crippen molar-refractivity contribution in [2.45, 2.75) is 20.0 Å². The topological polar surface area (TPSA) is 71.6 Å². The smallest absolute Gasteiger partial charge is 0.176 e. The van der Waals surface area contributed by atoms with E-state index < -0.39 is 0 Å². The van der Waals surface area contributed by atoms with Crippen LogP contribution in [0.5, 0.6) is 0 Å². The molecular weight excluding hydrogens is 284 g/mol. The summed E-state index contributed by atoms with van der Waals surface area (Å²) < 4.78 is 0. The summed E-state index contributed by atoms with van der Waals surface area (Å²) >= 11 is 0. The van der Waals surface area contributed by atoms with Gasteiger partial charge in [0.15, 0.2) is 12.4 Å². The summed E-state index contributed by atoms with van der Waals surface area (Å²) in [5.74, 6) is 0. The van der Waals surface area contributed by atoms with Gasteiger partial charge in [-0.3, -0.25) is 0 Å².